The lowest BCUT2D eigenvalue weighted by atomic mass is 9.79. The third kappa shape index (κ3) is 8.48. The Labute approximate surface area is 259 Å². The van der Waals surface area contributed by atoms with E-state index in [0.717, 1.165) is 18.5 Å². The van der Waals surface area contributed by atoms with E-state index in [4.69, 9.17) is 14.2 Å². The molecule has 0 radical (unpaired) electrons. The second-order valence-corrected chi connectivity index (χ2v) is 12.1. The number of nitrogens with one attached hydrogen (secondary N) is 2. The summed E-state index contributed by atoms with van der Waals surface area (Å²) in [6, 6.07) is 8.00. The maximum Gasteiger partial charge on any atom is 0.336 e. The van der Waals surface area contributed by atoms with Crippen LogP contribution in [0.25, 0.3) is 0 Å². The van der Waals surface area contributed by atoms with E-state index >= 15 is 0 Å². The molecule has 2 heterocycles. The molecule has 1 aromatic heterocycles. The van der Waals surface area contributed by atoms with Crippen LogP contribution >= 0.6 is 0 Å². The number of dihydropyridines is 1. The van der Waals surface area contributed by atoms with E-state index in [1.807, 2.05) is 13.0 Å². The van der Waals surface area contributed by atoms with E-state index in [1.54, 1.807) is 39.0 Å². The lowest BCUT2D eigenvalue weighted by Gasteiger charge is -2.31. The Hall–Kier alpha value is -4.15. The third-order valence-corrected chi connectivity index (χ3v) is 8.27. The topological polar surface area (TPSA) is 146 Å². The first-order valence-corrected chi connectivity index (χ1v) is 15.3. The number of nitro benzene ring substituents is 1. The largest absolute Gasteiger partial charge is 0.476 e. The molecule has 0 fully saturated rings. The summed E-state index contributed by atoms with van der Waals surface area (Å²) in [5.41, 5.74) is 2.19. The zero-order valence-electron chi connectivity index (χ0n) is 27.1. The number of hydrogen-bond donors (Lipinski definition) is 2. The first-order chi connectivity index (χ1) is 20.8. The van der Waals surface area contributed by atoms with Gasteiger partial charge in [-0.25, -0.2) is 9.59 Å². The molecule has 1 aliphatic heterocycles. The fraction of sp³-hybridized carbons (Fsp3) is 0.545. The lowest BCUT2D eigenvalue weighted by molar-refractivity contribution is -0.385. The number of aromatic nitrogens is 2. The minimum Gasteiger partial charge on any atom is -0.476 e. The first kappa shape index (κ1) is 34.3. The van der Waals surface area contributed by atoms with Gasteiger partial charge in [-0.3, -0.25) is 15.2 Å². The van der Waals surface area contributed by atoms with Crippen molar-refractivity contribution in [1.29, 1.82) is 0 Å². The smallest absolute Gasteiger partial charge is 0.336 e. The van der Waals surface area contributed by atoms with Crippen LogP contribution < -0.4 is 10.1 Å². The van der Waals surface area contributed by atoms with Crippen LogP contribution in [-0.2, 0) is 19.1 Å². The van der Waals surface area contributed by atoms with Crippen molar-refractivity contribution in [2.75, 3.05) is 19.8 Å². The number of aromatic amines is 1. The number of ether oxygens (including phenoxy) is 3. The molecule has 0 saturated carbocycles. The molecule has 11 heteroatoms. The second-order valence-electron chi connectivity index (χ2n) is 12.1. The molecule has 240 valence electrons. The van der Waals surface area contributed by atoms with Gasteiger partial charge in [-0.1, -0.05) is 45.9 Å². The molecule has 1 aliphatic rings. The molecule has 3 unspecified atom stereocenters. The van der Waals surface area contributed by atoms with Crippen molar-refractivity contribution in [3.63, 3.8) is 0 Å². The Morgan fingerprint density at radius 3 is 2.02 bits per heavy atom. The quantitative estimate of drug-likeness (QED) is 0.133. The predicted molar refractivity (Wildman–Crippen MR) is 167 cm³/mol. The van der Waals surface area contributed by atoms with Gasteiger partial charge in [-0.05, 0) is 64.2 Å². The lowest BCUT2D eigenvalue weighted by Crippen LogP contribution is -2.33. The summed E-state index contributed by atoms with van der Waals surface area (Å²) in [5.74, 6) is -0.780. The van der Waals surface area contributed by atoms with Gasteiger partial charge in [-0.15, -0.1) is 5.10 Å². The molecule has 3 atom stereocenters. The number of hydrogen-bond acceptors (Lipinski definition) is 9. The normalized spacial score (nSPS) is 16.5. The van der Waals surface area contributed by atoms with E-state index in [-0.39, 0.29) is 53.4 Å². The van der Waals surface area contributed by atoms with Crippen LogP contribution in [0.4, 0.5) is 5.69 Å². The number of nitro groups is 1. The number of allylic oxidation sites excluding steroid dienone is 2. The highest BCUT2D eigenvalue weighted by Crippen LogP contribution is 2.42. The number of benzene rings is 1. The van der Waals surface area contributed by atoms with Gasteiger partial charge in [0.05, 0.1) is 41.8 Å². The molecule has 0 amide bonds. The molecule has 0 saturated heterocycles. The fourth-order valence-corrected chi connectivity index (χ4v) is 5.52. The fourth-order valence-electron chi connectivity index (χ4n) is 5.52. The van der Waals surface area contributed by atoms with Gasteiger partial charge in [0.25, 0.3) is 5.69 Å². The van der Waals surface area contributed by atoms with Crippen molar-refractivity contribution < 1.29 is 28.7 Å². The monoisotopic (exact) mass is 610 g/mol. The Balaban J connectivity index is 1.82. The van der Waals surface area contributed by atoms with Gasteiger partial charge in [0.15, 0.2) is 0 Å². The third-order valence-electron chi connectivity index (χ3n) is 8.27. The minimum atomic E-state index is -1.03. The first-order valence-electron chi connectivity index (χ1n) is 15.3. The van der Waals surface area contributed by atoms with Crippen molar-refractivity contribution in [3.05, 3.63) is 74.2 Å². The zero-order valence-corrected chi connectivity index (χ0v) is 27.1. The zero-order chi connectivity index (χ0) is 32.6. The summed E-state index contributed by atoms with van der Waals surface area (Å²) >= 11 is 0. The van der Waals surface area contributed by atoms with E-state index in [9.17, 15) is 19.7 Å². The molecule has 2 aromatic rings. The highest BCUT2D eigenvalue weighted by atomic mass is 16.6. The Morgan fingerprint density at radius 2 is 1.50 bits per heavy atom. The Kier molecular flexibility index (Phi) is 12.1. The van der Waals surface area contributed by atoms with Crippen molar-refractivity contribution >= 4 is 17.6 Å². The minimum absolute atomic E-state index is 0.0663. The predicted octanol–water partition coefficient (Wildman–Crippen LogP) is 6.37. The van der Waals surface area contributed by atoms with Crippen LogP contribution in [0.2, 0.25) is 0 Å². The molecule has 11 nitrogen and oxygen atoms in total. The summed E-state index contributed by atoms with van der Waals surface area (Å²) in [7, 11) is 0. The van der Waals surface area contributed by atoms with Gasteiger partial charge in [0, 0.05) is 34.8 Å². The molecule has 0 spiro atoms. The number of rotatable bonds is 15. The summed E-state index contributed by atoms with van der Waals surface area (Å²) in [6.45, 7) is 16.3. The van der Waals surface area contributed by atoms with Crippen molar-refractivity contribution in [3.8, 4) is 5.88 Å². The highest BCUT2D eigenvalue weighted by molar-refractivity contribution is 6.00. The molecule has 44 heavy (non-hydrogen) atoms. The Morgan fingerprint density at radius 1 is 0.932 bits per heavy atom. The second kappa shape index (κ2) is 15.5. The van der Waals surface area contributed by atoms with Gasteiger partial charge < -0.3 is 19.5 Å². The van der Waals surface area contributed by atoms with E-state index in [0.29, 0.717) is 29.8 Å². The van der Waals surface area contributed by atoms with Crippen LogP contribution in [-0.4, -0.2) is 46.9 Å². The van der Waals surface area contributed by atoms with E-state index < -0.39 is 22.8 Å². The van der Waals surface area contributed by atoms with Crippen LogP contribution in [0.15, 0.2) is 52.9 Å². The van der Waals surface area contributed by atoms with Crippen LogP contribution in [0.5, 0.6) is 5.88 Å². The van der Waals surface area contributed by atoms with Crippen molar-refractivity contribution in [2.45, 2.75) is 74.1 Å². The van der Waals surface area contributed by atoms with Crippen LogP contribution in [0.3, 0.4) is 0 Å². The average Bonchev–Trinajstić information content (AvgIpc) is 3.38. The van der Waals surface area contributed by atoms with Gasteiger partial charge in [0.1, 0.15) is 0 Å². The summed E-state index contributed by atoms with van der Waals surface area (Å²) < 4.78 is 17.2. The highest BCUT2D eigenvalue weighted by Gasteiger charge is 2.41. The number of aryl methyl sites for hydroxylation is 1. The van der Waals surface area contributed by atoms with Gasteiger partial charge in [-0.2, -0.15) is 0 Å². The number of H-pyrrole nitrogens is 1. The van der Waals surface area contributed by atoms with E-state index in [2.05, 4.69) is 43.2 Å². The molecule has 0 bridgehead atoms. The van der Waals surface area contributed by atoms with Crippen molar-refractivity contribution in [1.82, 2.24) is 15.5 Å². The summed E-state index contributed by atoms with van der Waals surface area (Å²) in [5, 5.41) is 22.2. The van der Waals surface area contributed by atoms with Crippen LogP contribution in [0, 0.1) is 40.7 Å². The standard InChI is InChI=1S/C33H46N4O7/c1-9-42-32(38)29-22(7)34-23(8)30(31(29)26-12-10-11-13-27(26)37(40)41)33(39)44-18-25(20(4)5)15-14-24(19(2)3)17-43-28-16-21(6)35-36-28/h10-13,16,19-20,24-25,31,34H,9,14-15,17-18H2,1-8H3,(H,35,36). The number of carbonyl (C=O) groups is 2. The SMILES string of the molecule is CCOC(=O)C1=C(C)NC(C)=C(C(=O)OCC(CCC(COc2cc(C)[nH]n2)C(C)C)C(C)C)C1c1ccccc1[N+](=O)[O-]. The number of nitrogens with zero attached hydrogens (tertiary/aromatic N) is 2. The summed E-state index contributed by atoms with van der Waals surface area (Å²) in [6.07, 6.45) is 1.69. The molecular weight excluding hydrogens is 564 g/mol. The van der Waals surface area contributed by atoms with Gasteiger partial charge >= 0.3 is 11.9 Å². The van der Waals surface area contributed by atoms with Crippen molar-refractivity contribution in [2.24, 2.45) is 23.7 Å². The molecular formula is C33H46N4O7. The molecule has 3 rings (SSSR count). The Bertz CT molecular complexity index is 1390. The molecule has 1 aromatic carbocycles. The number of esters is 2. The van der Waals surface area contributed by atoms with Gasteiger partial charge in [0.2, 0.25) is 5.88 Å². The van der Waals surface area contributed by atoms with Crippen LogP contribution in [0.1, 0.15) is 78.5 Å². The number of para-hydroxylation sites is 1. The maximum atomic E-state index is 13.8. The summed E-state index contributed by atoms with van der Waals surface area (Å²) in [4.78, 5) is 38.5. The molecule has 0 aliphatic carbocycles. The maximum absolute atomic E-state index is 13.8. The number of carbonyl (C=O) groups excluding carboxylic acids is 2. The van der Waals surface area contributed by atoms with E-state index in [1.165, 1.54) is 6.07 Å². The molecule has 2 N–H and O–H groups in total. The average molecular weight is 611 g/mol.